The maximum atomic E-state index is 12.3. The van der Waals surface area contributed by atoms with Crippen molar-refractivity contribution in [2.45, 2.75) is 44.7 Å². The minimum atomic E-state index is -1.37. The third kappa shape index (κ3) is 4.97. The fourth-order valence-corrected chi connectivity index (χ4v) is 3.64. The van der Waals surface area contributed by atoms with E-state index in [0.29, 0.717) is 0 Å². The topological polar surface area (TPSA) is 105 Å². The second-order valence-corrected chi connectivity index (χ2v) is 8.36. The van der Waals surface area contributed by atoms with E-state index in [2.05, 4.69) is 10.6 Å². The van der Waals surface area contributed by atoms with Gasteiger partial charge in [0, 0.05) is 11.5 Å². The lowest BCUT2D eigenvalue weighted by Gasteiger charge is -2.22. The van der Waals surface area contributed by atoms with Gasteiger partial charge in [-0.15, -0.1) is 0 Å². The molecule has 3 rings (SSSR count). The number of benzene rings is 2. The highest BCUT2D eigenvalue weighted by atomic mass is 16.5. The minimum Gasteiger partial charge on any atom is -0.480 e. The molecule has 7 nitrogen and oxygen atoms in total. The number of carbonyl (C=O) groups excluding carboxylic acids is 2. The van der Waals surface area contributed by atoms with Crippen LogP contribution in [0.15, 0.2) is 48.5 Å². The Balaban J connectivity index is 1.64. The number of carboxylic acid groups (broad SMARTS) is 1. The van der Waals surface area contributed by atoms with Crippen LogP contribution in [0.3, 0.4) is 0 Å². The Morgan fingerprint density at radius 1 is 1.00 bits per heavy atom. The highest BCUT2D eigenvalue weighted by molar-refractivity contribution is 5.87. The average Bonchev–Trinajstić information content (AvgIpc) is 2.98. The summed E-state index contributed by atoms with van der Waals surface area (Å²) in [7, 11) is 0. The number of hydrogen-bond acceptors (Lipinski definition) is 4. The van der Waals surface area contributed by atoms with E-state index in [0.717, 1.165) is 22.3 Å². The molecular weight excluding hydrogens is 384 g/mol. The Bertz CT molecular complexity index is 919. The van der Waals surface area contributed by atoms with E-state index < -0.39 is 29.6 Å². The molecule has 0 aliphatic heterocycles. The summed E-state index contributed by atoms with van der Waals surface area (Å²) in [6, 6.07) is 14.5. The number of aliphatic carboxylic acids is 1. The Hall–Kier alpha value is -3.35. The molecule has 0 aromatic heterocycles. The van der Waals surface area contributed by atoms with Crippen LogP contribution < -0.4 is 10.6 Å². The molecule has 0 saturated heterocycles. The average molecular weight is 410 g/mol. The zero-order valence-electron chi connectivity index (χ0n) is 17.3. The van der Waals surface area contributed by atoms with Gasteiger partial charge >= 0.3 is 12.1 Å². The third-order valence-electron chi connectivity index (χ3n) is 4.84. The van der Waals surface area contributed by atoms with Crippen LogP contribution in [0.4, 0.5) is 4.79 Å². The number of rotatable bonds is 6. The molecular formula is C23H26N2O5. The second-order valence-electron chi connectivity index (χ2n) is 8.36. The Morgan fingerprint density at radius 2 is 1.53 bits per heavy atom. The summed E-state index contributed by atoms with van der Waals surface area (Å²) in [6.07, 6.45) is -1.25. The molecule has 0 bridgehead atoms. The smallest absolute Gasteiger partial charge is 0.407 e. The molecule has 1 aliphatic carbocycles. The highest BCUT2D eigenvalue weighted by Crippen LogP contribution is 2.44. The molecule has 2 amide bonds. The van der Waals surface area contributed by atoms with Crippen LogP contribution >= 0.6 is 0 Å². The standard InChI is InChI=1S/C23H26N2O5/c1-23(2,3)25-20(26)12-19(21(27)28)24-22(29)30-13-18-16-10-6-4-8-14(16)15-9-5-7-11-17(15)18/h4-11,18-19H,12-13H2,1-3H3,(H,24,29)(H,25,26)(H,27,28)/t19-/m0/s1. The number of nitrogens with one attached hydrogen (secondary N) is 2. The van der Waals surface area contributed by atoms with Crippen LogP contribution in [-0.4, -0.2) is 41.3 Å². The van der Waals surface area contributed by atoms with E-state index in [1.54, 1.807) is 20.8 Å². The number of hydrogen-bond donors (Lipinski definition) is 3. The van der Waals surface area contributed by atoms with Gasteiger partial charge in [-0.1, -0.05) is 48.5 Å². The predicted octanol–water partition coefficient (Wildman–Crippen LogP) is 3.28. The number of amides is 2. The lowest BCUT2D eigenvalue weighted by Crippen LogP contribution is -2.47. The molecule has 1 atom stereocenters. The SMILES string of the molecule is CC(C)(C)NC(=O)C[C@H](NC(=O)OCC1c2ccccc2-c2ccccc21)C(=O)O. The van der Waals surface area contributed by atoms with Crippen molar-refractivity contribution < 1.29 is 24.2 Å². The first-order chi connectivity index (χ1) is 14.2. The van der Waals surface area contributed by atoms with Crippen molar-refractivity contribution >= 4 is 18.0 Å². The zero-order valence-corrected chi connectivity index (χ0v) is 17.3. The molecule has 0 radical (unpaired) electrons. The summed E-state index contributed by atoms with van der Waals surface area (Å²) in [5.74, 6) is -1.89. The normalized spacial score (nSPS) is 13.7. The minimum absolute atomic E-state index is 0.0698. The summed E-state index contributed by atoms with van der Waals surface area (Å²) in [5.41, 5.74) is 3.83. The first kappa shape index (κ1) is 21.4. The molecule has 0 saturated carbocycles. The van der Waals surface area contributed by atoms with Crippen molar-refractivity contribution in [3.63, 3.8) is 0 Å². The number of ether oxygens (including phenoxy) is 1. The van der Waals surface area contributed by atoms with E-state index >= 15 is 0 Å². The van der Waals surface area contributed by atoms with Gasteiger partial charge in [-0.05, 0) is 43.0 Å². The van der Waals surface area contributed by atoms with Crippen molar-refractivity contribution in [2.75, 3.05) is 6.61 Å². The summed E-state index contributed by atoms with van der Waals surface area (Å²) in [6.45, 7) is 5.44. The van der Waals surface area contributed by atoms with E-state index in [-0.39, 0.29) is 18.9 Å². The summed E-state index contributed by atoms with van der Waals surface area (Å²) in [4.78, 5) is 35.8. The number of alkyl carbamates (subject to hydrolysis) is 1. The molecule has 30 heavy (non-hydrogen) atoms. The predicted molar refractivity (Wildman–Crippen MR) is 112 cm³/mol. The largest absolute Gasteiger partial charge is 0.480 e. The number of carboxylic acids is 1. The summed E-state index contributed by atoms with van der Waals surface area (Å²) in [5, 5.41) is 14.3. The molecule has 158 valence electrons. The van der Waals surface area contributed by atoms with Gasteiger partial charge in [-0.25, -0.2) is 9.59 Å². The third-order valence-corrected chi connectivity index (χ3v) is 4.84. The van der Waals surface area contributed by atoms with Crippen LogP contribution in [0.25, 0.3) is 11.1 Å². The van der Waals surface area contributed by atoms with Crippen molar-refractivity contribution in [1.82, 2.24) is 10.6 Å². The van der Waals surface area contributed by atoms with Gasteiger partial charge in [0.15, 0.2) is 0 Å². The Morgan fingerprint density at radius 3 is 2.03 bits per heavy atom. The maximum Gasteiger partial charge on any atom is 0.407 e. The van der Waals surface area contributed by atoms with Crippen molar-refractivity contribution in [1.29, 1.82) is 0 Å². The van der Waals surface area contributed by atoms with Crippen LogP contribution in [0.5, 0.6) is 0 Å². The van der Waals surface area contributed by atoms with Crippen LogP contribution in [-0.2, 0) is 14.3 Å². The molecule has 2 aromatic rings. The van der Waals surface area contributed by atoms with Crippen molar-refractivity contribution in [3.8, 4) is 11.1 Å². The van der Waals surface area contributed by atoms with Crippen LogP contribution in [0.1, 0.15) is 44.2 Å². The molecule has 7 heteroatoms. The fourth-order valence-electron chi connectivity index (χ4n) is 3.64. The van der Waals surface area contributed by atoms with E-state index in [1.165, 1.54) is 0 Å². The van der Waals surface area contributed by atoms with Gasteiger partial charge in [-0.2, -0.15) is 0 Å². The molecule has 0 heterocycles. The first-order valence-corrected chi connectivity index (χ1v) is 9.81. The fraction of sp³-hybridized carbons (Fsp3) is 0.348. The zero-order chi connectivity index (χ0) is 21.9. The number of carbonyl (C=O) groups is 3. The summed E-state index contributed by atoms with van der Waals surface area (Å²) >= 11 is 0. The van der Waals surface area contributed by atoms with E-state index in [4.69, 9.17) is 4.74 Å². The lowest BCUT2D eigenvalue weighted by atomic mass is 9.98. The molecule has 3 N–H and O–H groups in total. The monoisotopic (exact) mass is 410 g/mol. The van der Waals surface area contributed by atoms with Gasteiger partial charge in [0.25, 0.3) is 0 Å². The number of fused-ring (bicyclic) bond motifs is 3. The van der Waals surface area contributed by atoms with E-state index in [1.807, 2.05) is 48.5 Å². The van der Waals surface area contributed by atoms with Gasteiger partial charge in [0.05, 0.1) is 6.42 Å². The van der Waals surface area contributed by atoms with Gasteiger partial charge in [-0.3, -0.25) is 4.79 Å². The van der Waals surface area contributed by atoms with E-state index in [9.17, 15) is 19.5 Å². The maximum absolute atomic E-state index is 12.3. The van der Waals surface area contributed by atoms with Gasteiger partial charge in [0.1, 0.15) is 12.6 Å². The quantitative estimate of drug-likeness (QED) is 0.678. The van der Waals surface area contributed by atoms with Crippen molar-refractivity contribution in [3.05, 3.63) is 59.7 Å². The molecule has 0 fully saturated rings. The van der Waals surface area contributed by atoms with Gasteiger partial charge in [0.2, 0.25) is 5.91 Å². The second kappa shape index (κ2) is 8.57. The van der Waals surface area contributed by atoms with Gasteiger partial charge < -0.3 is 20.5 Å². The van der Waals surface area contributed by atoms with Crippen LogP contribution in [0.2, 0.25) is 0 Å². The molecule has 2 aromatic carbocycles. The molecule has 0 spiro atoms. The summed E-state index contributed by atoms with van der Waals surface area (Å²) < 4.78 is 5.36. The Labute approximate surface area is 175 Å². The van der Waals surface area contributed by atoms with Crippen molar-refractivity contribution in [2.24, 2.45) is 0 Å². The highest BCUT2D eigenvalue weighted by Gasteiger charge is 2.30. The molecule has 1 aliphatic rings. The Kier molecular flexibility index (Phi) is 6.10. The molecule has 0 unspecified atom stereocenters. The first-order valence-electron chi connectivity index (χ1n) is 9.81. The van der Waals surface area contributed by atoms with Crippen LogP contribution in [0, 0.1) is 0 Å². The lowest BCUT2D eigenvalue weighted by molar-refractivity contribution is -0.141.